The molecule has 0 saturated carbocycles. The van der Waals surface area contributed by atoms with E-state index in [9.17, 15) is 4.79 Å². The number of phenols is 1. The van der Waals surface area contributed by atoms with Crippen LogP contribution in [0.4, 0.5) is 0 Å². The van der Waals surface area contributed by atoms with Gasteiger partial charge < -0.3 is 16.2 Å². The van der Waals surface area contributed by atoms with Crippen molar-refractivity contribution in [3.05, 3.63) is 35.9 Å². The van der Waals surface area contributed by atoms with Gasteiger partial charge in [0, 0.05) is 12.6 Å². The number of rotatable bonds is 6. The lowest BCUT2D eigenvalue weighted by atomic mass is 10.2. The van der Waals surface area contributed by atoms with Gasteiger partial charge in [0.2, 0.25) is 5.91 Å². The van der Waals surface area contributed by atoms with Crippen molar-refractivity contribution in [2.75, 3.05) is 13.1 Å². The van der Waals surface area contributed by atoms with Crippen LogP contribution in [-0.2, 0) is 4.79 Å². The molecule has 0 bridgehead atoms. The Morgan fingerprint density at radius 1 is 1.29 bits per heavy atom. The van der Waals surface area contributed by atoms with Crippen LogP contribution in [0.5, 0.6) is 5.75 Å². The lowest BCUT2D eigenvalue weighted by Gasteiger charge is -2.00. The number of phenolic OH excluding ortho intramolecular Hbond substituents is 1. The number of hydrogen-bond acceptors (Lipinski definition) is 3. The molecular weight excluding hydrogens is 216 g/mol. The quantitative estimate of drug-likeness (QED) is 0.512. The highest BCUT2D eigenvalue weighted by atomic mass is 16.3. The topological polar surface area (TPSA) is 75.3 Å². The second kappa shape index (κ2) is 7.46. The minimum Gasteiger partial charge on any atom is -0.508 e. The van der Waals surface area contributed by atoms with Crippen LogP contribution < -0.4 is 11.1 Å². The van der Waals surface area contributed by atoms with Gasteiger partial charge in [-0.15, -0.1) is 0 Å². The molecule has 0 aliphatic carbocycles. The summed E-state index contributed by atoms with van der Waals surface area (Å²) in [5.41, 5.74) is 6.22. The van der Waals surface area contributed by atoms with Crippen LogP contribution in [-0.4, -0.2) is 24.1 Å². The molecule has 1 rings (SSSR count). The van der Waals surface area contributed by atoms with Gasteiger partial charge >= 0.3 is 0 Å². The number of amides is 1. The summed E-state index contributed by atoms with van der Waals surface area (Å²) in [4.78, 5) is 11.4. The molecule has 0 unspecified atom stereocenters. The minimum atomic E-state index is -0.116. The first-order chi connectivity index (χ1) is 8.22. The lowest BCUT2D eigenvalue weighted by Crippen LogP contribution is -2.22. The smallest absolute Gasteiger partial charge is 0.243 e. The van der Waals surface area contributed by atoms with Crippen molar-refractivity contribution in [3.8, 4) is 5.75 Å². The number of carbonyl (C=O) groups is 1. The van der Waals surface area contributed by atoms with Crippen molar-refractivity contribution >= 4 is 12.0 Å². The molecule has 0 aliphatic rings. The Morgan fingerprint density at radius 2 is 2.00 bits per heavy atom. The summed E-state index contributed by atoms with van der Waals surface area (Å²) < 4.78 is 0. The molecule has 0 spiro atoms. The first-order valence-corrected chi connectivity index (χ1v) is 5.67. The third kappa shape index (κ3) is 5.73. The number of nitrogens with one attached hydrogen (secondary N) is 1. The summed E-state index contributed by atoms with van der Waals surface area (Å²) in [7, 11) is 0. The molecule has 0 fully saturated rings. The van der Waals surface area contributed by atoms with E-state index >= 15 is 0 Å². The third-order valence-corrected chi connectivity index (χ3v) is 2.25. The molecule has 1 amide bonds. The van der Waals surface area contributed by atoms with Crippen molar-refractivity contribution < 1.29 is 9.90 Å². The largest absolute Gasteiger partial charge is 0.508 e. The minimum absolute atomic E-state index is 0.116. The van der Waals surface area contributed by atoms with Gasteiger partial charge in [0.05, 0.1) is 0 Å². The Labute approximate surface area is 101 Å². The van der Waals surface area contributed by atoms with Gasteiger partial charge in [-0.05, 0) is 43.2 Å². The Balaban J connectivity index is 2.32. The Kier molecular flexibility index (Phi) is 5.82. The molecule has 0 saturated heterocycles. The predicted molar refractivity (Wildman–Crippen MR) is 68.4 cm³/mol. The van der Waals surface area contributed by atoms with Gasteiger partial charge in [-0.3, -0.25) is 4.79 Å². The highest BCUT2D eigenvalue weighted by Gasteiger charge is 1.94. The van der Waals surface area contributed by atoms with E-state index < -0.39 is 0 Å². The second-order valence-electron chi connectivity index (χ2n) is 3.71. The number of carbonyl (C=O) groups excluding carboxylic acids is 1. The van der Waals surface area contributed by atoms with Gasteiger partial charge in [0.1, 0.15) is 5.75 Å². The summed E-state index contributed by atoms with van der Waals surface area (Å²) in [6.45, 7) is 1.30. The highest BCUT2D eigenvalue weighted by molar-refractivity contribution is 5.91. The van der Waals surface area contributed by atoms with Crippen molar-refractivity contribution in [1.29, 1.82) is 0 Å². The zero-order valence-corrected chi connectivity index (χ0v) is 9.73. The van der Waals surface area contributed by atoms with Crippen LogP contribution in [0.2, 0.25) is 0 Å². The standard InChI is InChI=1S/C13H18N2O2/c14-9-1-2-10-15-13(17)8-5-11-3-6-12(16)7-4-11/h3-8,16H,1-2,9-10,14H2,(H,15,17)/b8-5+. The predicted octanol–water partition coefficient (Wildman–Crippen LogP) is 1.26. The van der Waals surface area contributed by atoms with E-state index in [-0.39, 0.29) is 11.7 Å². The van der Waals surface area contributed by atoms with Gasteiger partial charge in [-0.1, -0.05) is 12.1 Å². The van der Waals surface area contributed by atoms with Gasteiger partial charge in [0.15, 0.2) is 0 Å². The molecular formula is C13H18N2O2. The summed E-state index contributed by atoms with van der Waals surface area (Å²) in [6.07, 6.45) is 5.00. The van der Waals surface area contributed by atoms with E-state index in [0.29, 0.717) is 13.1 Å². The monoisotopic (exact) mass is 234 g/mol. The molecule has 17 heavy (non-hydrogen) atoms. The summed E-state index contributed by atoms with van der Waals surface area (Å²) in [6, 6.07) is 6.65. The SMILES string of the molecule is NCCCCNC(=O)/C=C/c1ccc(O)cc1. The van der Waals surface area contributed by atoms with E-state index in [1.54, 1.807) is 30.3 Å². The van der Waals surface area contributed by atoms with E-state index in [0.717, 1.165) is 18.4 Å². The van der Waals surface area contributed by atoms with Crippen LogP contribution in [0.1, 0.15) is 18.4 Å². The van der Waals surface area contributed by atoms with E-state index in [4.69, 9.17) is 10.8 Å². The van der Waals surface area contributed by atoms with Crippen molar-refractivity contribution in [3.63, 3.8) is 0 Å². The third-order valence-electron chi connectivity index (χ3n) is 2.25. The normalized spacial score (nSPS) is 10.6. The number of unbranched alkanes of at least 4 members (excludes halogenated alkanes) is 1. The Morgan fingerprint density at radius 3 is 2.65 bits per heavy atom. The summed E-state index contributed by atoms with van der Waals surface area (Å²) in [5.74, 6) is 0.100. The van der Waals surface area contributed by atoms with Crippen LogP contribution >= 0.6 is 0 Å². The van der Waals surface area contributed by atoms with Crippen molar-refractivity contribution in [2.24, 2.45) is 5.73 Å². The molecule has 0 radical (unpaired) electrons. The maximum Gasteiger partial charge on any atom is 0.243 e. The average molecular weight is 234 g/mol. The van der Waals surface area contributed by atoms with E-state index in [2.05, 4.69) is 5.32 Å². The van der Waals surface area contributed by atoms with Crippen molar-refractivity contribution in [1.82, 2.24) is 5.32 Å². The van der Waals surface area contributed by atoms with E-state index in [1.165, 1.54) is 6.08 Å². The summed E-state index contributed by atoms with van der Waals surface area (Å²) >= 11 is 0. The molecule has 0 heterocycles. The zero-order valence-electron chi connectivity index (χ0n) is 9.73. The molecule has 92 valence electrons. The molecule has 1 aromatic carbocycles. The fourth-order valence-electron chi connectivity index (χ4n) is 1.30. The zero-order chi connectivity index (χ0) is 12.5. The number of benzene rings is 1. The molecule has 4 heteroatoms. The second-order valence-corrected chi connectivity index (χ2v) is 3.71. The van der Waals surface area contributed by atoms with Crippen LogP contribution in [0.25, 0.3) is 6.08 Å². The summed E-state index contributed by atoms with van der Waals surface area (Å²) in [5, 5.41) is 11.9. The fourth-order valence-corrected chi connectivity index (χ4v) is 1.30. The maximum absolute atomic E-state index is 11.4. The highest BCUT2D eigenvalue weighted by Crippen LogP contribution is 2.10. The molecule has 0 aliphatic heterocycles. The van der Waals surface area contributed by atoms with Gasteiger partial charge in [0.25, 0.3) is 0 Å². The Hall–Kier alpha value is -1.81. The van der Waals surface area contributed by atoms with Crippen molar-refractivity contribution in [2.45, 2.75) is 12.8 Å². The maximum atomic E-state index is 11.4. The first-order valence-electron chi connectivity index (χ1n) is 5.67. The van der Waals surface area contributed by atoms with Crippen LogP contribution in [0.15, 0.2) is 30.3 Å². The fraction of sp³-hybridized carbons (Fsp3) is 0.308. The molecule has 1 aromatic rings. The number of aromatic hydroxyl groups is 1. The van der Waals surface area contributed by atoms with E-state index in [1.807, 2.05) is 0 Å². The number of nitrogens with two attached hydrogens (primary N) is 1. The van der Waals surface area contributed by atoms with Gasteiger partial charge in [-0.25, -0.2) is 0 Å². The molecule has 4 nitrogen and oxygen atoms in total. The van der Waals surface area contributed by atoms with Crippen LogP contribution in [0, 0.1) is 0 Å². The average Bonchev–Trinajstić information content (AvgIpc) is 2.34. The Bertz CT molecular complexity index is 372. The first kappa shape index (κ1) is 13.3. The molecule has 0 atom stereocenters. The molecule has 0 aromatic heterocycles. The number of hydrogen-bond donors (Lipinski definition) is 3. The van der Waals surface area contributed by atoms with Gasteiger partial charge in [-0.2, -0.15) is 0 Å². The van der Waals surface area contributed by atoms with Crippen LogP contribution in [0.3, 0.4) is 0 Å². The molecule has 4 N–H and O–H groups in total. The lowest BCUT2D eigenvalue weighted by molar-refractivity contribution is -0.116.